The van der Waals surface area contributed by atoms with Crippen LogP contribution in [0.3, 0.4) is 0 Å². The molecule has 17 heavy (non-hydrogen) atoms. The molecule has 1 unspecified atom stereocenters. The van der Waals surface area contributed by atoms with E-state index in [1.807, 2.05) is 4.90 Å². The maximum Gasteiger partial charge on any atom is 0.239 e. The molecule has 3 heteroatoms. The fraction of sp³-hybridized carbons (Fsp3) is 0.929. The highest BCUT2D eigenvalue weighted by Gasteiger charge is 2.35. The highest BCUT2D eigenvalue weighted by molar-refractivity contribution is 5.84. The molecule has 0 aliphatic carbocycles. The van der Waals surface area contributed by atoms with Crippen LogP contribution in [0.15, 0.2) is 0 Å². The number of rotatable bonds is 6. The molecule has 1 rings (SSSR count). The van der Waals surface area contributed by atoms with Gasteiger partial charge in [0.2, 0.25) is 5.91 Å². The molecule has 1 saturated heterocycles. The topological polar surface area (TPSA) is 32.3 Å². The molecular formula is C14H28N2O. The molecule has 1 aliphatic heterocycles. The Balaban J connectivity index is 2.50. The lowest BCUT2D eigenvalue weighted by molar-refractivity contribution is -0.130. The molecule has 0 aromatic heterocycles. The first-order valence-electron chi connectivity index (χ1n) is 6.90. The predicted molar refractivity (Wildman–Crippen MR) is 71.9 cm³/mol. The first kappa shape index (κ1) is 14.5. The van der Waals surface area contributed by atoms with Crippen molar-refractivity contribution >= 4 is 5.91 Å². The van der Waals surface area contributed by atoms with Gasteiger partial charge in [0, 0.05) is 13.1 Å². The highest BCUT2D eigenvalue weighted by Crippen LogP contribution is 2.28. The molecule has 1 aliphatic rings. The number of hydrogen-bond donors (Lipinski definition) is 1. The van der Waals surface area contributed by atoms with Crippen LogP contribution in [-0.2, 0) is 4.79 Å². The molecule has 0 spiro atoms. The summed E-state index contributed by atoms with van der Waals surface area (Å²) in [6.45, 7) is 13.8. The smallest absolute Gasteiger partial charge is 0.239 e. The summed E-state index contributed by atoms with van der Waals surface area (Å²) in [5.41, 5.74) is 0.204. The summed E-state index contributed by atoms with van der Waals surface area (Å²) in [7, 11) is 0. The fourth-order valence-corrected chi connectivity index (χ4v) is 2.08. The second-order valence-corrected chi connectivity index (χ2v) is 6.20. The van der Waals surface area contributed by atoms with Crippen molar-refractivity contribution in [2.24, 2.45) is 11.3 Å². The molecule has 0 radical (unpaired) electrons. The minimum absolute atomic E-state index is 0.0675. The third-order valence-electron chi connectivity index (χ3n) is 4.10. The van der Waals surface area contributed by atoms with Gasteiger partial charge in [0.15, 0.2) is 0 Å². The lowest BCUT2D eigenvalue weighted by Gasteiger charge is -2.33. The summed E-state index contributed by atoms with van der Waals surface area (Å²) in [5.74, 6) is 0.894. The zero-order valence-electron chi connectivity index (χ0n) is 12.0. The van der Waals surface area contributed by atoms with Crippen LogP contribution in [0.2, 0.25) is 0 Å². The van der Waals surface area contributed by atoms with E-state index >= 15 is 0 Å². The molecule has 1 amide bonds. The molecule has 3 nitrogen and oxygen atoms in total. The third-order valence-corrected chi connectivity index (χ3v) is 4.10. The maximum atomic E-state index is 12.2. The molecule has 100 valence electrons. The number of carbonyl (C=O) groups is 1. The Morgan fingerprint density at radius 3 is 2.65 bits per heavy atom. The number of nitrogens with zero attached hydrogens (tertiary/aromatic N) is 1. The Morgan fingerprint density at radius 1 is 1.47 bits per heavy atom. The van der Waals surface area contributed by atoms with Crippen molar-refractivity contribution in [2.45, 2.75) is 53.5 Å². The Labute approximate surface area is 106 Å². The van der Waals surface area contributed by atoms with Gasteiger partial charge in [-0.15, -0.1) is 0 Å². The van der Waals surface area contributed by atoms with Gasteiger partial charge in [-0.3, -0.25) is 4.79 Å². The minimum Gasteiger partial charge on any atom is -0.341 e. The van der Waals surface area contributed by atoms with E-state index in [1.165, 1.54) is 0 Å². The number of carbonyl (C=O) groups excluding carboxylic acids is 1. The minimum atomic E-state index is 0.0675. The number of likely N-dealkylation sites (tertiary alicyclic amines) is 1. The van der Waals surface area contributed by atoms with Crippen molar-refractivity contribution in [1.29, 1.82) is 0 Å². The summed E-state index contributed by atoms with van der Waals surface area (Å²) in [6, 6.07) is 0.0675. The summed E-state index contributed by atoms with van der Waals surface area (Å²) >= 11 is 0. The van der Waals surface area contributed by atoms with Crippen LogP contribution < -0.4 is 5.32 Å². The van der Waals surface area contributed by atoms with E-state index in [4.69, 9.17) is 0 Å². The molecule has 0 aromatic rings. The van der Waals surface area contributed by atoms with E-state index < -0.39 is 0 Å². The fourth-order valence-electron chi connectivity index (χ4n) is 2.08. The molecule has 1 N–H and O–H groups in total. The second kappa shape index (κ2) is 5.85. The van der Waals surface area contributed by atoms with E-state index in [9.17, 15) is 4.79 Å². The zero-order valence-corrected chi connectivity index (χ0v) is 12.0. The van der Waals surface area contributed by atoms with E-state index in [2.05, 4.69) is 39.9 Å². The third kappa shape index (κ3) is 3.70. The molecule has 0 bridgehead atoms. The standard InChI is InChI=1S/C14H28N2O/c1-6-8-15-12-7-9-16(13(12)17)10-14(4,5)11(2)3/h11-12,15H,6-10H2,1-5H3. The lowest BCUT2D eigenvalue weighted by atomic mass is 9.81. The summed E-state index contributed by atoms with van der Waals surface area (Å²) in [5, 5.41) is 3.33. The SMILES string of the molecule is CCCNC1CCN(CC(C)(C)C(C)C)C1=O. The van der Waals surface area contributed by atoms with Gasteiger partial charge in [-0.1, -0.05) is 34.6 Å². The summed E-state index contributed by atoms with van der Waals surface area (Å²) in [6.07, 6.45) is 2.05. The molecule has 1 heterocycles. The Morgan fingerprint density at radius 2 is 2.12 bits per heavy atom. The van der Waals surface area contributed by atoms with E-state index in [1.54, 1.807) is 0 Å². The Kier molecular flexibility index (Phi) is 4.99. The van der Waals surface area contributed by atoms with Gasteiger partial charge in [0.25, 0.3) is 0 Å². The van der Waals surface area contributed by atoms with E-state index in [-0.39, 0.29) is 11.5 Å². The predicted octanol–water partition coefficient (Wildman–Crippen LogP) is 2.27. The lowest BCUT2D eigenvalue weighted by Crippen LogP contribution is -2.43. The van der Waals surface area contributed by atoms with E-state index in [0.717, 1.165) is 32.5 Å². The van der Waals surface area contributed by atoms with Gasteiger partial charge in [-0.2, -0.15) is 0 Å². The normalized spacial score (nSPS) is 21.6. The van der Waals surface area contributed by atoms with Gasteiger partial charge in [-0.25, -0.2) is 0 Å². The number of hydrogen-bond acceptors (Lipinski definition) is 2. The monoisotopic (exact) mass is 240 g/mol. The second-order valence-electron chi connectivity index (χ2n) is 6.20. The first-order valence-corrected chi connectivity index (χ1v) is 6.90. The van der Waals surface area contributed by atoms with Gasteiger partial charge in [0.05, 0.1) is 6.04 Å². The van der Waals surface area contributed by atoms with E-state index in [0.29, 0.717) is 11.8 Å². The average Bonchev–Trinajstić information content (AvgIpc) is 2.57. The van der Waals surface area contributed by atoms with Gasteiger partial charge in [0.1, 0.15) is 0 Å². The van der Waals surface area contributed by atoms with Crippen molar-refractivity contribution in [1.82, 2.24) is 10.2 Å². The molecule has 0 aromatic carbocycles. The summed E-state index contributed by atoms with van der Waals surface area (Å²) in [4.78, 5) is 14.2. The molecule has 0 saturated carbocycles. The number of nitrogens with one attached hydrogen (secondary N) is 1. The van der Waals surface area contributed by atoms with Crippen LogP contribution in [0.1, 0.15) is 47.5 Å². The van der Waals surface area contributed by atoms with Gasteiger partial charge < -0.3 is 10.2 Å². The van der Waals surface area contributed by atoms with Crippen molar-refractivity contribution < 1.29 is 4.79 Å². The van der Waals surface area contributed by atoms with Crippen LogP contribution in [0, 0.1) is 11.3 Å². The Hall–Kier alpha value is -0.570. The maximum absolute atomic E-state index is 12.2. The van der Waals surface area contributed by atoms with Crippen LogP contribution in [0.4, 0.5) is 0 Å². The van der Waals surface area contributed by atoms with Crippen molar-refractivity contribution in [3.8, 4) is 0 Å². The Bertz CT molecular complexity index is 261. The van der Waals surface area contributed by atoms with Crippen LogP contribution >= 0.6 is 0 Å². The van der Waals surface area contributed by atoms with Crippen molar-refractivity contribution in [3.05, 3.63) is 0 Å². The van der Waals surface area contributed by atoms with Crippen LogP contribution in [0.5, 0.6) is 0 Å². The van der Waals surface area contributed by atoms with Crippen molar-refractivity contribution in [2.75, 3.05) is 19.6 Å². The quantitative estimate of drug-likeness (QED) is 0.772. The average molecular weight is 240 g/mol. The number of amides is 1. The first-order chi connectivity index (χ1) is 7.88. The molecule has 1 fully saturated rings. The van der Waals surface area contributed by atoms with Crippen LogP contribution in [-0.4, -0.2) is 36.5 Å². The van der Waals surface area contributed by atoms with Gasteiger partial charge >= 0.3 is 0 Å². The molecular weight excluding hydrogens is 212 g/mol. The highest BCUT2D eigenvalue weighted by atomic mass is 16.2. The summed E-state index contributed by atoms with van der Waals surface area (Å²) < 4.78 is 0. The largest absolute Gasteiger partial charge is 0.341 e. The zero-order chi connectivity index (χ0) is 13.1. The molecule has 1 atom stereocenters. The van der Waals surface area contributed by atoms with Crippen molar-refractivity contribution in [3.63, 3.8) is 0 Å². The van der Waals surface area contributed by atoms with Gasteiger partial charge in [-0.05, 0) is 30.7 Å². The van der Waals surface area contributed by atoms with Crippen LogP contribution in [0.25, 0.3) is 0 Å².